The third-order valence-corrected chi connectivity index (χ3v) is 4.57. The minimum atomic E-state index is -4.79. The number of hydrogen-bond acceptors (Lipinski definition) is 5. The fourth-order valence-corrected chi connectivity index (χ4v) is 3.33. The summed E-state index contributed by atoms with van der Waals surface area (Å²) in [5.74, 6) is 0.371. The molecule has 0 aliphatic carbocycles. The molecule has 0 bridgehead atoms. The molecule has 0 radical (unpaired) electrons. The number of aromatic nitrogens is 4. The second kappa shape index (κ2) is 6.16. The van der Waals surface area contributed by atoms with E-state index in [1.807, 2.05) is 0 Å². The van der Waals surface area contributed by atoms with Crippen LogP contribution in [0, 0.1) is 0 Å². The van der Waals surface area contributed by atoms with E-state index in [1.54, 1.807) is 0 Å². The molecule has 0 aliphatic rings. The highest BCUT2D eigenvalue weighted by Crippen LogP contribution is 2.34. The highest BCUT2D eigenvalue weighted by molar-refractivity contribution is 7.92. The van der Waals surface area contributed by atoms with Crippen molar-refractivity contribution in [2.45, 2.75) is 11.1 Å². The van der Waals surface area contributed by atoms with Crippen LogP contribution in [0.25, 0.3) is 5.82 Å². The Morgan fingerprint density at radius 1 is 1.08 bits per heavy atom. The molecule has 7 nitrogen and oxygen atoms in total. The molecule has 0 spiro atoms. The molecule has 3 aromatic rings. The van der Waals surface area contributed by atoms with Crippen molar-refractivity contribution in [3.63, 3.8) is 0 Å². The number of benzene rings is 1. The quantitative estimate of drug-likeness (QED) is 0.763. The van der Waals surface area contributed by atoms with E-state index in [-0.39, 0.29) is 5.69 Å². The molecule has 0 saturated carbocycles. The Bertz CT molecular complexity index is 970. The summed E-state index contributed by atoms with van der Waals surface area (Å²) in [6.07, 6.45) is -0.927. The monoisotopic (exact) mass is 369 g/mol. The number of nitrogens with zero attached hydrogens (tertiary/aromatic N) is 4. The summed E-state index contributed by atoms with van der Waals surface area (Å²) in [5.41, 5.74) is -1.23. The Morgan fingerprint density at radius 3 is 2.44 bits per heavy atom. The molecule has 0 aliphatic heterocycles. The fourth-order valence-electron chi connectivity index (χ4n) is 2.05. The van der Waals surface area contributed by atoms with Crippen LogP contribution in [-0.4, -0.2) is 28.2 Å². The van der Waals surface area contributed by atoms with Gasteiger partial charge in [0.05, 0.1) is 22.3 Å². The predicted molar refractivity (Wildman–Crippen MR) is 81.4 cm³/mol. The lowest BCUT2D eigenvalue weighted by molar-refractivity contribution is -0.139. The van der Waals surface area contributed by atoms with Crippen LogP contribution in [0.2, 0.25) is 0 Å². The van der Waals surface area contributed by atoms with Crippen molar-refractivity contribution in [3.05, 3.63) is 60.8 Å². The molecule has 130 valence electrons. The van der Waals surface area contributed by atoms with Gasteiger partial charge < -0.3 is 0 Å². The van der Waals surface area contributed by atoms with Gasteiger partial charge in [-0.2, -0.15) is 18.3 Å². The fraction of sp³-hybridized carbons (Fsp3) is 0.0714. The molecule has 1 N–H and O–H groups in total. The van der Waals surface area contributed by atoms with E-state index in [0.717, 1.165) is 12.1 Å². The molecule has 0 saturated heterocycles. The van der Waals surface area contributed by atoms with Crippen LogP contribution in [0.4, 0.5) is 18.9 Å². The number of rotatable bonds is 4. The number of alkyl halides is 3. The Hall–Kier alpha value is -2.95. The van der Waals surface area contributed by atoms with Gasteiger partial charge in [0.2, 0.25) is 0 Å². The first-order chi connectivity index (χ1) is 11.8. The van der Waals surface area contributed by atoms with Crippen LogP contribution in [0.3, 0.4) is 0 Å². The maximum Gasteiger partial charge on any atom is 0.417 e. The molecular formula is C14H10F3N5O2S. The van der Waals surface area contributed by atoms with Gasteiger partial charge in [-0.1, -0.05) is 12.1 Å². The van der Waals surface area contributed by atoms with E-state index in [0.29, 0.717) is 11.9 Å². The lowest BCUT2D eigenvalue weighted by Gasteiger charge is -2.14. The van der Waals surface area contributed by atoms with Gasteiger partial charge in [-0.15, -0.1) is 0 Å². The third kappa shape index (κ3) is 3.60. The van der Waals surface area contributed by atoms with Crippen LogP contribution < -0.4 is 4.72 Å². The molecule has 1 aromatic carbocycles. The first-order valence-corrected chi connectivity index (χ1v) is 8.26. The first kappa shape index (κ1) is 16.9. The Kier molecular flexibility index (Phi) is 4.17. The van der Waals surface area contributed by atoms with E-state index in [1.165, 1.54) is 41.7 Å². The van der Waals surface area contributed by atoms with Gasteiger partial charge in [-0.25, -0.2) is 23.1 Å². The average molecular weight is 369 g/mol. The molecular weight excluding hydrogens is 359 g/mol. The Labute approximate surface area is 140 Å². The van der Waals surface area contributed by atoms with E-state index >= 15 is 0 Å². The van der Waals surface area contributed by atoms with Crippen molar-refractivity contribution in [1.29, 1.82) is 0 Å². The summed E-state index contributed by atoms with van der Waals surface area (Å²) >= 11 is 0. The van der Waals surface area contributed by atoms with Crippen molar-refractivity contribution in [1.82, 2.24) is 19.7 Å². The average Bonchev–Trinajstić information content (AvgIpc) is 3.09. The highest BCUT2D eigenvalue weighted by atomic mass is 32.2. The molecule has 3 rings (SSSR count). The molecule has 2 aromatic heterocycles. The van der Waals surface area contributed by atoms with Crippen molar-refractivity contribution in [3.8, 4) is 5.82 Å². The van der Waals surface area contributed by atoms with Crippen molar-refractivity contribution < 1.29 is 21.6 Å². The zero-order valence-electron chi connectivity index (χ0n) is 12.3. The van der Waals surface area contributed by atoms with E-state index < -0.39 is 26.7 Å². The Balaban J connectivity index is 1.90. The number of nitrogens with one attached hydrogen (secondary N) is 1. The summed E-state index contributed by atoms with van der Waals surface area (Å²) in [6, 6.07) is 6.75. The van der Waals surface area contributed by atoms with Crippen LogP contribution in [0.1, 0.15) is 5.56 Å². The van der Waals surface area contributed by atoms with Gasteiger partial charge in [-0.05, 0) is 24.3 Å². The van der Waals surface area contributed by atoms with Crippen molar-refractivity contribution in [2.24, 2.45) is 0 Å². The van der Waals surface area contributed by atoms with Gasteiger partial charge in [0.25, 0.3) is 10.0 Å². The summed E-state index contributed by atoms with van der Waals surface area (Å²) in [6.45, 7) is 0. The maximum absolute atomic E-state index is 13.0. The van der Waals surface area contributed by atoms with E-state index in [9.17, 15) is 21.6 Å². The number of sulfonamides is 1. The normalized spacial score (nSPS) is 12.1. The molecule has 0 atom stereocenters. The highest BCUT2D eigenvalue weighted by Gasteiger charge is 2.36. The molecule has 2 heterocycles. The zero-order valence-corrected chi connectivity index (χ0v) is 13.2. The summed E-state index contributed by atoms with van der Waals surface area (Å²) in [4.78, 5) is 6.87. The Morgan fingerprint density at radius 2 is 1.84 bits per heavy atom. The van der Waals surface area contributed by atoms with Gasteiger partial charge in [0.15, 0.2) is 5.82 Å². The number of halogens is 3. The van der Waals surface area contributed by atoms with Crippen LogP contribution in [0.5, 0.6) is 0 Å². The lowest BCUT2D eigenvalue weighted by atomic mass is 10.2. The first-order valence-electron chi connectivity index (χ1n) is 6.77. The standard InChI is InChI=1S/C14H10F3N5O2S/c15-14(16,17)11-3-1-2-4-12(11)25(23,24)21-10-5-6-13(19-7-10)22-9-18-8-20-22/h1-9,21H. The molecule has 0 amide bonds. The molecule has 11 heteroatoms. The SMILES string of the molecule is O=S(=O)(Nc1ccc(-n2cncn2)nc1)c1ccccc1C(F)(F)F. The van der Waals surface area contributed by atoms with E-state index in [4.69, 9.17) is 0 Å². The number of hydrogen-bond donors (Lipinski definition) is 1. The molecule has 0 unspecified atom stereocenters. The van der Waals surface area contributed by atoms with Crippen LogP contribution in [0.15, 0.2) is 60.1 Å². The van der Waals surface area contributed by atoms with Gasteiger partial charge in [-0.3, -0.25) is 4.72 Å². The zero-order chi connectivity index (χ0) is 18.1. The number of anilines is 1. The van der Waals surface area contributed by atoms with Crippen molar-refractivity contribution >= 4 is 15.7 Å². The van der Waals surface area contributed by atoms with E-state index in [2.05, 4.69) is 19.8 Å². The smallest absolute Gasteiger partial charge is 0.278 e. The number of pyridine rings is 1. The van der Waals surface area contributed by atoms with Gasteiger partial charge in [0.1, 0.15) is 12.7 Å². The second-order valence-electron chi connectivity index (χ2n) is 4.84. The van der Waals surface area contributed by atoms with Gasteiger partial charge >= 0.3 is 6.18 Å². The largest absolute Gasteiger partial charge is 0.417 e. The van der Waals surface area contributed by atoms with Crippen molar-refractivity contribution in [2.75, 3.05) is 4.72 Å². The summed E-state index contributed by atoms with van der Waals surface area (Å²) < 4.78 is 67.1. The molecule has 25 heavy (non-hydrogen) atoms. The topological polar surface area (TPSA) is 89.8 Å². The lowest BCUT2D eigenvalue weighted by Crippen LogP contribution is -2.19. The predicted octanol–water partition coefficient (Wildman–Crippen LogP) is 2.48. The van der Waals surface area contributed by atoms with Crippen LogP contribution >= 0.6 is 0 Å². The summed E-state index contributed by atoms with van der Waals surface area (Å²) in [7, 11) is -4.44. The third-order valence-electron chi connectivity index (χ3n) is 3.14. The molecule has 0 fully saturated rings. The second-order valence-corrected chi connectivity index (χ2v) is 6.50. The van der Waals surface area contributed by atoms with Gasteiger partial charge in [0, 0.05) is 0 Å². The minimum Gasteiger partial charge on any atom is -0.278 e. The van der Waals surface area contributed by atoms with Crippen LogP contribution in [-0.2, 0) is 16.2 Å². The minimum absolute atomic E-state index is 0.0147. The summed E-state index contributed by atoms with van der Waals surface area (Å²) in [5, 5.41) is 3.86. The maximum atomic E-state index is 13.0.